The van der Waals surface area contributed by atoms with Gasteiger partial charge in [0.15, 0.2) is 0 Å². The molecule has 1 rings (SSSR count). The zero-order valence-electron chi connectivity index (χ0n) is 14.1. The Bertz CT molecular complexity index is 427. The van der Waals surface area contributed by atoms with Crippen LogP contribution in [0.15, 0.2) is 0 Å². The molecule has 0 atom stereocenters. The highest BCUT2D eigenvalue weighted by atomic mass is 16.5. The molecule has 1 aromatic heterocycles. The van der Waals surface area contributed by atoms with Crippen LogP contribution in [0, 0.1) is 6.92 Å². The molecule has 0 aliphatic carbocycles. The molecule has 0 radical (unpaired) electrons. The number of hydrogen-bond acceptors (Lipinski definition) is 6. The van der Waals surface area contributed by atoms with Crippen LogP contribution in [0.1, 0.15) is 43.9 Å². The SMILES string of the molecule is CCCCCCc1c(C)nc(NC)nc1NCCOCCO. The lowest BCUT2D eigenvalue weighted by Gasteiger charge is -2.15. The Morgan fingerprint density at radius 2 is 1.95 bits per heavy atom. The van der Waals surface area contributed by atoms with E-state index in [2.05, 4.69) is 27.5 Å². The summed E-state index contributed by atoms with van der Waals surface area (Å²) in [6.45, 7) is 5.89. The highest BCUT2D eigenvalue weighted by Gasteiger charge is 2.11. The number of unbranched alkanes of at least 4 members (excludes halogenated alkanes) is 3. The van der Waals surface area contributed by atoms with E-state index in [0.29, 0.717) is 25.7 Å². The number of nitrogens with one attached hydrogen (secondary N) is 2. The van der Waals surface area contributed by atoms with Crippen LogP contribution in [0.25, 0.3) is 0 Å². The fourth-order valence-electron chi connectivity index (χ4n) is 2.29. The fraction of sp³-hybridized carbons (Fsp3) is 0.750. The van der Waals surface area contributed by atoms with Gasteiger partial charge >= 0.3 is 0 Å². The third-order valence-corrected chi connectivity index (χ3v) is 3.49. The van der Waals surface area contributed by atoms with Gasteiger partial charge in [0.2, 0.25) is 5.95 Å². The molecule has 0 amide bonds. The molecule has 0 unspecified atom stereocenters. The monoisotopic (exact) mass is 310 g/mol. The average Bonchev–Trinajstić information content (AvgIpc) is 2.52. The van der Waals surface area contributed by atoms with Gasteiger partial charge in [0.25, 0.3) is 0 Å². The molecule has 0 aliphatic heterocycles. The largest absolute Gasteiger partial charge is 0.394 e. The van der Waals surface area contributed by atoms with Crippen LogP contribution in [0.3, 0.4) is 0 Å². The summed E-state index contributed by atoms with van der Waals surface area (Å²) < 4.78 is 5.27. The smallest absolute Gasteiger partial charge is 0.224 e. The third-order valence-electron chi connectivity index (χ3n) is 3.49. The summed E-state index contributed by atoms with van der Waals surface area (Å²) in [6, 6.07) is 0. The summed E-state index contributed by atoms with van der Waals surface area (Å²) in [5.41, 5.74) is 2.21. The second kappa shape index (κ2) is 11.2. The zero-order valence-corrected chi connectivity index (χ0v) is 14.1. The third kappa shape index (κ3) is 6.58. The molecule has 126 valence electrons. The van der Waals surface area contributed by atoms with E-state index in [1.54, 1.807) is 0 Å². The maximum atomic E-state index is 8.70. The molecule has 3 N–H and O–H groups in total. The van der Waals surface area contributed by atoms with Crippen LogP contribution < -0.4 is 10.6 Å². The van der Waals surface area contributed by atoms with E-state index in [1.165, 1.54) is 24.8 Å². The van der Waals surface area contributed by atoms with E-state index >= 15 is 0 Å². The van der Waals surface area contributed by atoms with Gasteiger partial charge in [-0.3, -0.25) is 0 Å². The molecule has 1 aromatic rings. The van der Waals surface area contributed by atoms with Crippen molar-refractivity contribution in [1.29, 1.82) is 0 Å². The first-order chi connectivity index (χ1) is 10.7. The van der Waals surface area contributed by atoms with Crippen molar-refractivity contribution in [2.75, 3.05) is 44.0 Å². The topological polar surface area (TPSA) is 79.3 Å². The number of ether oxygens (including phenoxy) is 1. The Morgan fingerprint density at radius 1 is 1.14 bits per heavy atom. The van der Waals surface area contributed by atoms with Gasteiger partial charge in [-0.2, -0.15) is 4.98 Å². The predicted molar refractivity (Wildman–Crippen MR) is 90.6 cm³/mol. The van der Waals surface area contributed by atoms with Crippen molar-refractivity contribution in [3.05, 3.63) is 11.3 Å². The van der Waals surface area contributed by atoms with Crippen molar-refractivity contribution in [2.45, 2.75) is 46.0 Å². The molecular formula is C16H30N4O2. The first-order valence-electron chi connectivity index (χ1n) is 8.20. The number of nitrogens with zero attached hydrogens (tertiary/aromatic N) is 2. The lowest BCUT2D eigenvalue weighted by molar-refractivity contribution is 0.0992. The number of aliphatic hydroxyl groups excluding tert-OH is 1. The average molecular weight is 310 g/mol. The van der Waals surface area contributed by atoms with E-state index < -0.39 is 0 Å². The first kappa shape index (κ1) is 18.6. The Kier molecular flexibility index (Phi) is 9.50. The zero-order chi connectivity index (χ0) is 16.2. The van der Waals surface area contributed by atoms with Gasteiger partial charge in [-0.15, -0.1) is 0 Å². The van der Waals surface area contributed by atoms with Gasteiger partial charge in [-0.25, -0.2) is 4.98 Å². The molecule has 0 saturated heterocycles. The summed E-state index contributed by atoms with van der Waals surface area (Å²) in [4.78, 5) is 9.01. The minimum absolute atomic E-state index is 0.0548. The maximum Gasteiger partial charge on any atom is 0.224 e. The lowest BCUT2D eigenvalue weighted by atomic mass is 10.1. The van der Waals surface area contributed by atoms with Crippen LogP contribution in [0.2, 0.25) is 0 Å². The fourth-order valence-corrected chi connectivity index (χ4v) is 2.29. The van der Waals surface area contributed by atoms with E-state index in [-0.39, 0.29) is 6.61 Å². The first-order valence-corrected chi connectivity index (χ1v) is 8.20. The van der Waals surface area contributed by atoms with Crippen LogP contribution in [0.5, 0.6) is 0 Å². The van der Waals surface area contributed by atoms with Crippen LogP contribution >= 0.6 is 0 Å². The number of aromatic nitrogens is 2. The van der Waals surface area contributed by atoms with Crippen molar-refractivity contribution >= 4 is 11.8 Å². The van der Waals surface area contributed by atoms with Crippen LogP contribution in [-0.4, -0.2) is 48.5 Å². The van der Waals surface area contributed by atoms with Gasteiger partial charge in [0, 0.05) is 24.8 Å². The van der Waals surface area contributed by atoms with Gasteiger partial charge in [0.05, 0.1) is 19.8 Å². The number of aliphatic hydroxyl groups is 1. The van der Waals surface area contributed by atoms with Crippen LogP contribution in [-0.2, 0) is 11.2 Å². The standard InChI is InChI=1S/C16H30N4O2/c1-4-5-6-7-8-14-13(2)19-16(17-3)20-15(14)18-9-11-22-12-10-21/h21H,4-12H2,1-3H3,(H2,17,18,19,20). The summed E-state index contributed by atoms with van der Waals surface area (Å²) in [5.74, 6) is 1.52. The Labute approximate surface area is 133 Å². The predicted octanol–water partition coefficient (Wildman–Crippen LogP) is 2.37. The lowest BCUT2D eigenvalue weighted by Crippen LogP contribution is -2.15. The minimum Gasteiger partial charge on any atom is -0.394 e. The molecule has 0 saturated carbocycles. The number of rotatable bonds is 12. The molecule has 0 fully saturated rings. The molecule has 6 nitrogen and oxygen atoms in total. The second-order valence-electron chi connectivity index (χ2n) is 5.28. The molecular weight excluding hydrogens is 280 g/mol. The molecule has 22 heavy (non-hydrogen) atoms. The highest BCUT2D eigenvalue weighted by Crippen LogP contribution is 2.21. The van der Waals surface area contributed by atoms with E-state index in [0.717, 1.165) is 24.4 Å². The van der Waals surface area contributed by atoms with E-state index in [1.807, 2.05) is 14.0 Å². The summed E-state index contributed by atoms with van der Waals surface area (Å²) in [5, 5.41) is 15.0. The molecule has 0 aromatic carbocycles. The van der Waals surface area contributed by atoms with Gasteiger partial charge < -0.3 is 20.5 Å². The van der Waals surface area contributed by atoms with Gasteiger partial charge in [-0.05, 0) is 19.8 Å². The summed E-state index contributed by atoms with van der Waals surface area (Å²) in [6.07, 6.45) is 5.90. The van der Waals surface area contributed by atoms with Crippen LogP contribution in [0.4, 0.5) is 11.8 Å². The van der Waals surface area contributed by atoms with E-state index in [4.69, 9.17) is 9.84 Å². The Hall–Kier alpha value is -1.40. The van der Waals surface area contributed by atoms with Gasteiger partial charge in [0.1, 0.15) is 5.82 Å². The molecule has 0 spiro atoms. The normalized spacial score (nSPS) is 10.7. The Morgan fingerprint density at radius 3 is 2.64 bits per heavy atom. The van der Waals surface area contributed by atoms with Crippen molar-refractivity contribution in [2.24, 2.45) is 0 Å². The Balaban J connectivity index is 2.66. The maximum absolute atomic E-state index is 8.70. The van der Waals surface area contributed by atoms with Crippen molar-refractivity contribution in [3.63, 3.8) is 0 Å². The van der Waals surface area contributed by atoms with Crippen molar-refractivity contribution < 1.29 is 9.84 Å². The molecule has 1 heterocycles. The highest BCUT2D eigenvalue weighted by molar-refractivity contribution is 5.50. The van der Waals surface area contributed by atoms with Crippen molar-refractivity contribution in [1.82, 2.24) is 9.97 Å². The summed E-state index contributed by atoms with van der Waals surface area (Å²) >= 11 is 0. The van der Waals surface area contributed by atoms with E-state index in [9.17, 15) is 0 Å². The second-order valence-corrected chi connectivity index (χ2v) is 5.28. The number of aryl methyl sites for hydroxylation is 1. The quantitative estimate of drug-likeness (QED) is 0.514. The summed E-state index contributed by atoms with van der Waals surface area (Å²) in [7, 11) is 1.82. The molecule has 6 heteroatoms. The molecule has 0 aliphatic rings. The minimum atomic E-state index is 0.0548. The number of hydrogen-bond donors (Lipinski definition) is 3. The molecule has 0 bridgehead atoms. The number of anilines is 2. The van der Waals surface area contributed by atoms with Gasteiger partial charge in [-0.1, -0.05) is 26.2 Å². The van der Waals surface area contributed by atoms with Crippen molar-refractivity contribution in [3.8, 4) is 0 Å².